The minimum Gasteiger partial charge on any atom is -0.378 e. The van der Waals surface area contributed by atoms with Gasteiger partial charge in [0.25, 0.3) is 15.7 Å². The van der Waals surface area contributed by atoms with Crippen LogP contribution >= 0.6 is 11.3 Å². The summed E-state index contributed by atoms with van der Waals surface area (Å²) in [5, 5.41) is 17.0. The molecule has 2 heterocycles. The van der Waals surface area contributed by atoms with Gasteiger partial charge in [-0.25, -0.2) is 13.4 Å². The molecule has 0 spiro atoms. The number of anilines is 3. The monoisotopic (exact) mass is 592 g/mol. The van der Waals surface area contributed by atoms with E-state index < -0.39 is 20.6 Å². The topological polar surface area (TPSA) is 139 Å². The molecule has 0 unspecified atom stereocenters. The maximum atomic E-state index is 13.0. The van der Waals surface area contributed by atoms with Crippen molar-refractivity contribution in [2.75, 3.05) is 41.4 Å². The molecule has 13 heteroatoms. The number of ether oxygens (including phenoxy) is 1. The van der Waals surface area contributed by atoms with Gasteiger partial charge in [-0.15, -0.1) is 0 Å². The highest BCUT2D eigenvalue weighted by Crippen LogP contribution is 2.33. The molecule has 1 saturated heterocycles. The minimum absolute atomic E-state index is 0.0518. The van der Waals surface area contributed by atoms with Crippen LogP contribution in [0.15, 0.2) is 76.7 Å². The van der Waals surface area contributed by atoms with Crippen molar-refractivity contribution in [3.8, 4) is 11.3 Å². The molecule has 2 N–H and O–H groups in total. The van der Waals surface area contributed by atoms with E-state index in [9.17, 15) is 18.5 Å². The second-order valence-electron chi connectivity index (χ2n) is 9.40. The quantitative estimate of drug-likeness (QED) is 0.149. The summed E-state index contributed by atoms with van der Waals surface area (Å²) in [7, 11) is -4.07. The van der Waals surface area contributed by atoms with E-state index in [0.29, 0.717) is 18.9 Å². The van der Waals surface area contributed by atoms with Crippen LogP contribution in [0.4, 0.5) is 22.2 Å². The van der Waals surface area contributed by atoms with Crippen LogP contribution in [0.25, 0.3) is 11.3 Å². The predicted octanol–water partition coefficient (Wildman–Crippen LogP) is 5.42. The number of nitrogens with one attached hydrogen (secondary N) is 2. The summed E-state index contributed by atoms with van der Waals surface area (Å²) in [5.74, 6) is 0. The lowest BCUT2D eigenvalue weighted by molar-refractivity contribution is -0.384. The van der Waals surface area contributed by atoms with Crippen molar-refractivity contribution in [3.63, 3.8) is 0 Å². The molecule has 0 aliphatic carbocycles. The maximum Gasteiger partial charge on any atom is 0.295 e. The number of nitrogens with zero attached hydrogens (tertiary/aromatic N) is 4. The van der Waals surface area contributed by atoms with Gasteiger partial charge in [0.15, 0.2) is 5.13 Å². The fraction of sp³-hybridized carbons (Fsp3) is 0.214. The Hall–Kier alpha value is -4.33. The summed E-state index contributed by atoms with van der Waals surface area (Å²) in [5.41, 5.74) is 6.14. The molecule has 0 saturated carbocycles. The standard InChI is InChI=1S/C28H28N6O5S2/c1-19-8-10-23(20(2)16-19)32-41(37,38)22-9-11-24(25(17-22)34(35)36)31-29-18-26-27(21-6-4-3-5-7-21)30-28(40-26)33-12-14-39-15-13-33/h3-11,16-18,31-32H,12-15H2,1-2H3. The van der Waals surface area contributed by atoms with Crippen LogP contribution in [-0.4, -0.2) is 50.8 Å². The molecular formula is C28H28N6O5S2. The number of aryl methyl sites for hydroxylation is 2. The highest BCUT2D eigenvalue weighted by Gasteiger charge is 2.23. The van der Waals surface area contributed by atoms with Gasteiger partial charge in [-0.1, -0.05) is 59.4 Å². The molecule has 4 aromatic rings. The van der Waals surface area contributed by atoms with Crippen molar-refractivity contribution >= 4 is 49.8 Å². The van der Waals surface area contributed by atoms with Gasteiger partial charge in [0, 0.05) is 24.7 Å². The Labute approximate surface area is 241 Å². The number of morpholine rings is 1. The summed E-state index contributed by atoms with van der Waals surface area (Å²) in [6.07, 6.45) is 1.57. The van der Waals surface area contributed by atoms with Gasteiger partial charge in [0.1, 0.15) is 5.69 Å². The number of hydrogen-bond donors (Lipinski definition) is 2. The molecule has 41 heavy (non-hydrogen) atoms. The number of thiazole rings is 1. The van der Waals surface area contributed by atoms with Crippen LogP contribution in [0.5, 0.6) is 0 Å². The molecular weight excluding hydrogens is 564 g/mol. The second kappa shape index (κ2) is 12.0. The van der Waals surface area contributed by atoms with Crippen molar-refractivity contribution in [1.82, 2.24) is 4.98 Å². The number of nitro benzene ring substituents is 1. The molecule has 0 amide bonds. The average Bonchev–Trinajstić information content (AvgIpc) is 3.39. The Kier molecular flexibility index (Phi) is 8.28. The summed E-state index contributed by atoms with van der Waals surface area (Å²) in [6.45, 7) is 6.41. The maximum absolute atomic E-state index is 13.0. The second-order valence-corrected chi connectivity index (χ2v) is 12.1. The zero-order valence-electron chi connectivity index (χ0n) is 22.4. The Morgan fingerprint density at radius 2 is 1.78 bits per heavy atom. The Balaban J connectivity index is 1.40. The third-order valence-corrected chi connectivity index (χ3v) is 8.85. The number of benzene rings is 3. The van der Waals surface area contributed by atoms with Crippen LogP contribution in [0.3, 0.4) is 0 Å². The molecule has 5 rings (SSSR count). The number of rotatable bonds is 9. The summed E-state index contributed by atoms with van der Waals surface area (Å²) in [6, 6.07) is 18.6. The molecule has 0 radical (unpaired) electrons. The number of aromatic nitrogens is 1. The van der Waals surface area contributed by atoms with Gasteiger partial charge in [-0.3, -0.25) is 20.3 Å². The van der Waals surface area contributed by atoms with Crippen molar-refractivity contribution in [2.24, 2.45) is 5.10 Å². The zero-order chi connectivity index (χ0) is 29.0. The van der Waals surface area contributed by atoms with Gasteiger partial charge >= 0.3 is 0 Å². The SMILES string of the molecule is Cc1ccc(NS(=O)(=O)c2ccc(NN=Cc3sc(N4CCOCC4)nc3-c3ccccc3)c([N+](=O)[O-])c2)c(C)c1. The molecule has 1 aliphatic heterocycles. The highest BCUT2D eigenvalue weighted by molar-refractivity contribution is 7.92. The molecule has 1 aliphatic rings. The zero-order valence-corrected chi connectivity index (χ0v) is 24.0. The summed E-state index contributed by atoms with van der Waals surface area (Å²) >= 11 is 1.46. The van der Waals surface area contributed by atoms with Crippen LogP contribution in [-0.2, 0) is 14.8 Å². The van der Waals surface area contributed by atoms with E-state index in [4.69, 9.17) is 9.72 Å². The van der Waals surface area contributed by atoms with Crippen molar-refractivity contribution in [1.29, 1.82) is 0 Å². The van der Waals surface area contributed by atoms with Crippen molar-refractivity contribution in [2.45, 2.75) is 18.7 Å². The molecule has 11 nitrogen and oxygen atoms in total. The lowest BCUT2D eigenvalue weighted by Crippen LogP contribution is -2.36. The number of sulfonamides is 1. The lowest BCUT2D eigenvalue weighted by atomic mass is 10.1. The minimum atomic E-state index is -4.07. The number of hydrogen-bond acceptors (Lipinski definition) is 10. The Bertz CT molecular complexity index is 1700. The third kappa shape index (κ3) is 6.53. The largest absolute Gasteiger partial charge is 0.378 e. The van der Waals surface area contributed by atoms with E-state index in [1.54, 1.807) is 25.3 Å². The summed E-state index contributed by atoms with van der Waals surface area (Å²) < 4.78 is 34.0. The third-order valence-electron chi connectivity index (χ3n) is 6.44. The molecule has 212 valence electrons. The van der Waals surface area contributed by atoms with E-state index in [1.165, 1.54) is 23.5 Å². The number of nitro groups is 1. The van der Waals surface area contributed by atoms with Gasteiger partial charge in [-0.2, -0.15) is 5.10 Å². The van der Waals surface area contributed by atoms with Crippen LogP contribution < -0.4 is 15.0 Å². The molecule has 0 atom stereocenters. The first-order valence-electron chi connectivity index (χ1n) is 12.8. The van der Waals surface area contributed by atoms with E-state index in [1.807, 2.05) is 43.3 Å². The molecule has 1 aromatic heterocycles. The van der Waals surface area contributed by atoms with E-state index in [-0.39, 0.29) is 10.6 Å². The normalized spacial score (nSPS) is 13.9. The Morgan fingerprint density at radius 1 is 1.05 bits per heavy atom. The smallest absolute Gasteiger partial charge is 0.295 e. The molecule has 1 fully saturated rings. The Morgan fingerprint density at radius 3 is 2.49 bits per heavy atom. The fourth-order valence-electron chi connectivity index (χ4n) is 4.32. The lowest BCUT2D eigenvalue weighted by Gasteiger charge is -2.26. The highest BCUT2D eigenvalue weighted by atomic mass is 32.2. The van der Waals surface area contributed by atoms with E-state index >= 15 is 0 Å². The first-order valence-corrected chi connectivity index (χ1v) is 15.1. The van der Waals surface area contributed by atoms with E-state index in [0.717, 1.165) is 51.5 Å². The molecule has 3 aromatic carbocycles. The van der Waals surface area contributed by atoms with Crippen LogP contribution in [0.1, 0.15) is 16.0 Å². The average molecular weight is 593 g/mol. The van der Waals surface area contributed by atoms with Gasteiger partial charge < -0.3 is 9.64 Å². The first-order chi connectivity index (χ1) is 19.7. The van der Waals surface area contributed by atoms with Gasteiger partial charge in [0.05, 0.1) is 45.5 Å². The summed E-state index contributed by atoms with van der Waals surface area (Å²) in [4.78, 5) is 18.8. The van der Waals surface area contributed by atoms with Crippen LogP contribution in [0, 0.1) is 24.0 Å². The molecule has 0 bridgehead atoms. The number of hydrazone groups is 1. The first kappa shape index (κ1) is 28.2. The van der Waals surface area contributed by atoms with E-state index in [2.05, 4.69) is 20.1 Å². The van der Waals surface area contributed by atoms with Crippen molar-refractivity contribution < 1.29 is 18.1 Å². The predicted molar refractivity (Wildman–Crippen MR) is 162 cm³/mol. The van der Waals surface area contributed by atoms with Gasteiger partial charge in [0.2, 0.25) is 0 Å². The van der Waals surface area contributed by atoms with Crippen LogP contribution in [0.2, 0.25) is 0 Å². The van der Waals surface area contributed by atoms with Crippen molar-refractivity contribution in [3.05, 3.63) is 92.8 Å². The van der Waals surface area contributed by atoms with Gasteiger partial charge in [-0.05, 0) is 37.6 Å². The fourth-order valence-corrected chi connectivity index (χ4v) is 6.48.